The third kappa shape index (κ3) is 9.57. The van der Waals surface area contributed by atoms with Crippen molar-refractivity contribution in [1.29, 1.82) is 0 Å². The van der Waals surface area contributed by atoms with Crippen LogP contribution in [0, 0.1) is 0 Å². The maximum atomic E-state index is 10.7. The van der Waals surface area contributed by atoms with Crippen molar-refractivity contribution in [3.05, 3.63) is 54.1 Å². The van der Waals surface area contributed by atoms with Crippen molar-refractivity contribution < 1.29 is 26.6 Å². The van der Waals surface area contributed by atoms with Gasteiger partial charge in [-0.3, -0.25) is 4.79 Å². The Morgan fingerprint density at radius 1 is 1.24 bits per heavy atom. The van der Waals surface area contributed by atoms with Gasteiger partial charge in [-0.15, -0.1) is 22.2 Å². The molecular weight excluding hydrogens is 324 g/mol. The topological polar surface area (TPSA) is 26.3 Å². The summed E-state index contributed by atoms with van der Waals surface area (Å²) in [6.45, 7) is 8.31. The molecule has 4 heteroatoms. The van der Waals surface area contributed by atoms with Gasteiger partial charge in [0, 0.05) is 28.7 Å². The van der Waals surface area contributed by atoms with Gasteiger partial charge in [-0.1, -0.05) is 20.8 Å². The number of esters is 1. The van der Waals surface area contributed by atoms with E-state index in [-0.39, 0.29) is 27.8 Å². The van der Waals surface area contributed by atoms with Gasteiger partial charge >= 0.3 is 5.97 Å². The Bertz CT molecular complexity index is 478. The Labute approximate surface area is 142 Å². The normalized spacial score (nSPS) is 10.1. The van der Waals surface area contributed by atoms with Crippen molar-refractivity contribution in [3.8, 4) is 0 Å². The van der Waals surface area contributed by atoms with Crippen LogP contribution in [-0.4, -0.2) is 10.7 Å². The van der Waals surface area contributed by atoms with Crippen LogP contribution >= 0.6 is 11.8 Å². The number of rotatable bonds is 3. The van der Waals surface area contributed by atoms with Crippen LogP contribution in [0.15, 0.2) is 53.4 Å². The van der Waals surface area contributed by atoms with Crippen molar-refractivity contribution in [1.82, 2.24) is 0 Å². The van der Waals surface area contributed by atoms with Crippen LogP contribution < -0.4 is 0 Å². The molecule has 0 atom stereocenters. The molecule has 0 N–H and O–H groups in total. The third-order valence-electron chi connectivity index (χ3n) is 2.26. The van der Waals surface area contributed by atoms with E-state index in [0.29, 0.717) is 6.61 Å². The number of carbonyl (C=O) groups is 1. The monoisotopic (exact) mass is 346 g/mol. The SMILES string of the molecule is CC(=O)OC[c-]1cccc1SC(C)(C)C.[Fe].[cH-]1[cH-][cH-][cH-][cH-]1. The molecule has 0 radical (unpaired) electrons. The number of ether oxygens (including phenoxy) is 1. The van der Waals surface area contributed by atoms with Crippen LogP contribution in [0.1, 0.15) is 33.3 Å². The van der Waals surface area contributed by atoms with E-state index in [2.05, 4.69) is 26.8 Å². The van der Waals surface area contributed by atoms with Crippen molar-refractivity contribution >= 4 is 17.7 Å². The van der Waals surface area contributed by atoms with Gasteiger partial charge in [0.2, 0.25) is 0 Å². The number of thioether (sulfide) groups is 1. The summed E-state index contributed by atoms with van der Waals surface area (Å²) in [7, 11) is 0. The molecule has 0 fully saturated rings. The minimum atomic E-state index is -0.233. The summed E-state index contributed by atoms with van der Waals surface area (Å²) in [4.78, 5) is 11.9. The molecule has 0 saturated carbocycles. The van der Waals surface area contributed by atoms with E-state index in [9.17, 15) is 4.79 Å². The molecule has 0 spiro atoms. The average molecular weight is 346 g/mol. The summed E-state index contributed by atoms with van der Waals surface area (Å²) in [5.74, 6) is -0.233. The van der Waals surface area contributed by atoms with Crippen molar-refractivity contribution in [2.24, 2.45) is 0 Å². The van der Waals surface area contributed by atoms with Gasteiger partial charge in [-0.25, -0.2) is 6.07 Å². The number of hydrogen-bond donors (Lipinski definition) is 0. The fourth-order valence-electron chi connectivity index (χ4n) is 1.49. The summed E-state index contributed by atoms with van der Waals surface area (Å²) in [5.41, 5.74) is 1.09. The maximum absolute atomic E-state index is 10.7. The Morgan fingerprint density at radius 2 is 1.76 bits per heavy atom. The smallest absolute Gasteiger partial charge is 0.301 e. The van der Waals surface area contributed by atoms with Crippen LogP contribution in [0.25, 0.3) is 0 Å². The van der Waals surface area contributed by atoms with Gasteiger partial charge in [0.15, 0.2) is 0 Å². The summed E-state index contributed by atoms with van der Waals surface area (Å²) < 4.78 is 5.17. The minimum Gasteiger partial charge on any atom is -0.748 e. The second-order valence-electron chi connectivity index (χ2n) is 5.37. The van der Waals surface area contributed by atoms with Crippen molar-refractivity contribution in [2.45, 2.75) is 43.9 Å². The zero-order valence-corrected chi connectivity index (χ0v) is 14.8. The van der Waals surface area contributed by atoms with Gasteiger partial charge in [-0.05, 0) is 0 Å². The molecule has 2 nitrogen and oxygen atoms in total. The molecule has 2 rings (SSSR count). The molecule has 0 unspecified atom stereocenters. The zero-order valence-electron chi connectivity index (χ0n) is 12.9. The van der Waals surface area contributed by atoms with Crippen LogP contribution in [0.5, 0.6) is 0 Å². The molecular formula is C17H22FeO2S-6. The van der Waals surface area contributed by atoms with E-state index >= 15 is 0 Å². The van der Waals surface area contributed by atoms with Crippen LogP contribution in [-0.2, 0) is 33.2 Å². The first-order valence-corrected chi connectivity index (χ1v) is 7.44. The molecule has 0 heterocycles. The van der Waals surface area contributed by atoms with Crippen LogP contribution in [0.2, 0.25) is 0 Å². The first kappa shape index (κ1) is 20.0. The molecule has 0 bridgehead atoms. The number of hydrogen-bond acceptors (Lipinski definition) is 3. The molecule has 2 aromatic carbocycles. The zero-order chi connectivity index (χ0) is 15.0. The van der Waals surface area contributed by atoms with Gasteiger partial charge in [0.05, 0.1) is 6.61 Å². The quantitative estimate of drug-likeness (QED) is 0.347. The second-order valence-corrected chi connectivity index (χ2v) is 7.24. The minimum absolute atomic E-state index is 0. The average Bonchev–Trinajstić information content (AvgIpc) is 2.97. The van der Waals surface area contributed by atoms with Crippen molar-refractivity contribution in [3.63, 3.8) is 0 Å². The Morgan fingerprint density at radius 3 is 2.19 bits per heavy atom. The molecule has 2 aromatic rings. The molecule has 0 aliphatic rings. The van der Waals surface area contributed by atoms with Crippen LogP contribution in [0.4, 0.5) is 0 Å². The molecule has 0 aliphatic heterocycles. The standard InChI is InChI=1S/C12H17O2S.C5H5.Fe/c1-9(13)14-8-10-6-5-7-11(10)15-12(2,3)4;1-2-4-5-3-1;/h5-7H,8H2,1-4H3;1-5H;/q-1;-5;. The summed E-state index contributed by atoms with van der Waals surface area (Å²) in [6.07, 6.45) is 0. The maximum Gasteiger partial charge on any atom is 0.301 e. The Hall–Kier alpha value is -0.961. The van der Waals surface area contributed by atoms with Crippen molar-refractivity contribution in [2.75, 3.05) is 0 Å². The molecule has 122 valence electrons. The first-order chi connectivity index (χ1) is 9.38. The van der Waals surface area contributed by atoms with Gasteiger partial charge in [-0.2, -0.15) is 12.1 Å². The fourth-order valence-corrected chi connectivity index (χ4v) is 2.55. The van der Waals surface area contributed by atoms with E-state index in [1.54, 1.807) is 11.8 Å². The molecule has 0 amide bonds. The molecule has 21 heavy (non-hydrogen) atoms. The van der Waals surface area contributed by atoms with E-state index in [0.717, 1.165) is 5.56 Å². The Kier molecular flexibility index (Phi) is 9.43. The van der Waals surface area contributed by atoms with Gasteiger partial charge in [0.25, 0.3) is 0 Å². The van der Waals surface area contributed by atoms with Crippen LogP contribution in [0.3, 0.4) is 0 Å². The molecule has 0 aromatic heterocycles. The summed E-state index contributed by atoms with van der Waals surface area (Å²) in [6, 6.07) is 16.1. The van der Waals surface area contributed by atoms with Gasteiger partial charge < -0.3 is 35.1 Å². The van der Waals surface area contributed by atoms with E-state index in [4.69, 9.17) is 4.74 Å². The number of carbonyl (C=O) groups excluding carboxylic acids is 1. The summed E-state index contributed by atoms with van der Waals surface area (Å²) >= 11 is 1.79. The Balaban J connectivity index is 0.000000562. The molecule has 0 aliphatic carbocycles. The fraction of sp³-hybridized carbons (Fsp3) is 0.353. The van der Waals surface area contributed by atoms with E-state index in [1.165, 1.54) is 11.8 Å². The largest absolute Gasteiger partial charge is 0.748 e. The second kappa shape index (κ2) is 9.88. The predicted molar refractivity (Wildman–Crippen MR) is 85.2 cm³/mol. The van der Waals surface area contributed by atoms with Gasteiger partial charge in [0.1, 0.15) is 0 Å². The third-order valence-corrected chi connectivity index (χ3v) is 3.49. The first-order valence-electron chi connectivity index (χ1n) is 6.62. The van der Waals surface area contributed by atoms with E-state index in [1.807, 2.05) is 42.5 Å². The summed E-state index contributed by atoms with van der Waals surface area (Å²) in [5, 5.41) is 0. The molecule has 0 saturated heterocycles. The predicted octanol–water partition coefficient (Wildman–Crippen LogP) is 4.76. The van der Waals surface area contributed by atoms with E-state index < -0.39 is 0 Å².